The van der Waals surface area contributed by atoms with Crippen LogP contribution in [0.25, 0.3) is 39.7 Å². The van der Waals surface area contributed by atoms with E-state index in [0.717, 1.165) is 28.1 Å². The van der Waals surface area contributed by atoms with E-state index < -0.39 is 0 Å². The van der Waals surface area contributed by atoms with Crippen molar-refractivity contribution in [3.05, 3.63) is 96.1 Å². The zero-order valence-electron chi connectivity index (χ0n) is 15.7. The third-order valence-corrected chi connectivity index (χ3v) is 4.90. The number of hydrogen-bond acceptors (Lipinski definition) is 5. The Bertz CT molecular complexity index is 1280. The minimum Gasteiger partial charge on any atom is -0.236 e. The predicted molar refractivity (Wildman–Crippen MR) is 116 cm³/mol. The topological polar surface area (TPSA) is 69.4 Å². The maximum absolute atomic E-state index is 6.10. The number of rotatable bonds is 4. The van der Waals surface area contributed by atoms with Crippen LogP contribution in [0.1, 0.15) is 0 Å². The molecule has 0 atom stereocenters. The van der Waals surface area contributed by atoms with E-state index in [2.05, 4.69) is 20.5 Å². The number of benzene rings is 3. The Balaban J connectivity index is 1.71. The fourth-order valence-corrected chi connectivity index (χ4v) is 3.32. The molecule has 0 N–H and O–H groups in total. The van der Waals surface area contributed by atoms with Crippen molar-refractivity contribution in [2.45, 2.75) is 0 Å². The van der Waals surface area contributed by atoms with Crippen LogP contribution in [-0.4, -0.2) is 30.2 Å². The summed E-state index contributed by atoms with van der Waals surface area (Å²) in [6.45, 7) is 0. The molecule has 6 nitrogen and oxygen atoms in total. The monoisotopic (exact) mass is 410 g/mol. The molecule has 0 amide bonds. The van der Waals surface area contributed by atoms with Crippen LogP contribution in [-0.2, 0) is 0 Å². The fourth-order valence-electron chi connectivity index (χ4n) is 3.20. The molecule has 144 valence electrons. The maximum atomic E-state index is 6.10. The van der Waals surface area contributed by atoms with Crippen molar-refractivity contribution in [2.75, 3.05) is 0 Å². The highest BCUT2D eigenvalue weighted by Gasteiger charge is 2.19. The van der Waals surface area contributed by atoms with Crippen LogP contribution in [0.3, 0.4) is 0 Å². The number of hydrogen-bond donors (Lipinski definition) is 0. The van der Waals surface area contributed by atoms with E-state index >= 15 is 0 Å². The second-order valence-corrected chi connectivity index (χ2v) is 7.02. The lowest BCUT2D eigenvalue weighted by atomic mass is 10.1. The Labute approximate surface area is 177 Å². The Morgan fingerprint density at radius 1 is 0.733 bits per heavy atom. The average molecular weight is 411 g/mol. The molecule has 30 heavy (non-hydrogen) atoms. The zero-order chi connectivity index (χ0) is 20.3. The molecule has 2 heterocycles. The van der Waals surface area contributed by atoms with Crippen molar-refractivity contribution >= 4 is 11.6 Å². The highest BCUT2D eigenvalue weighted by Crippen LogP contribution is 2.32. The summed E-state index contributed by atoms with van der Waals surface area (Å²) in [7, 11) is 0. The van der Waals surface area contributed by atoms with E-state index in [0.29, 0.717) is 16.7 Å². The first-order valence-corrected chi connectivity index (χ1v) is 9.70. The van der Waals surface area contributed by atoms with E-state index in [-0.39, 0.29) is 0 Å². The molecule has 0 aliphatic heterocycles. The van der Waals surface area contributed by atoms with Gasteiger partial charge >= 0.3 is 0 Å². The zero-order valence-corrected chi connectivity index (χ0v) is 16.5. The maximum Gasteiger partial charge on any atom is 0.190 e. The van der Waals surface area contributed by atoms with Crippen molar-refractivity contribution < 1.29 is 0 Å². The lowest BCUT2D eigenvalue weighted by Crippen LogP contribution is -2.03. The van der Waals surface area contributed by atoms with Gasteiger partial charge in [-0.15, -0.1) is 5.10 Å². The summed E-state index contributed by atoms with van der Waals surface area (Å²) in [5.41, 5.74) is 4.14. The highest BCUT2D eigenvalue weighted by atomic mass is 35.5. The molecule has 5 aromatic rings. The van der Waals surface area contributed by atoms with E-state index in [4.69, 9.17) is 16.6 Å². The number of para-hydroxylation sites is 1. The van der Waals surface area contributed by atoms with Gasteiger partial charge in [0.2, 0.25) is 0 Å². The Kier molecular flexibility index (Phi) is 4.75. The molecular formula is C23H15ClN6. The average Bonchev–Trinajstić information content (AvgIpc) is 3.30. The Morgan fingerprint density at radius 2 is 1.43 bits per heavy atom. The van der Waals surface area contributed by atoms with Crippen LogP contribution in [0.2, 0.25) is 5.02 Å². The summed E-state index contributed by atoms with van der Waals surface area (Å²) in [5.74, 6) is 1.19. The van der Waals surface area contributed by atoms with Gasteiger partial charge in [0, 0.05) is 22.3 Å². The van der Waals surface area contributed by atoms with Crippen LogP contribution in [0, 0.1) is 0 Å². The summed E-state index contributed by atoms with van der Waals surface area (Å²) >= 11 is 6.10. The number of nitrogens with zero attached hydrogens (tertiary/aromatic N) is 6. The van der Waals surface area contributed by atoms with Gasteiger partial charge in [0.1, 0.15) is 0 Å². The lowest BCUT2D eigenvalue weighted by molar-refractivity contribution is 0.791. The van der Waals surface area contributed by atoms with Crippen molar-refractivity contribution in [1.29, 1.82) is 0 Å². The normalized spacial score (nSPS) is 10.8. The molecular weight excluding hydrogens is 396 g/mol. The number of aromatic nitrogens is 6. The van der Waals surface area contributed by atoms with Crippen molar-refractivity contribution in [3.63, 3.8) is 0 Å². The van der Waals surface area contributed by atoms with Crippen LogP contribution < -0.4 is 0 Å². The first-order chi connectivity index (χ1) is 14.8. The quantitative estimate of drug-likeness (QED) is 0.412. The molecule has 0 aliphatic carbocycles. The molecule has 0 spiro atoms. The fraction of sp³-hybridized carbons (Fsp3) is 0. The first kappa shape index (κ1) is 18.1. The van der Waals surface area contributed by atoms with Gasteiger partial charge in [0.05, 0.1) is 16.9 Å². The van der Waals surface area contributed by atoms with Crippen LogP contribution in [0.5, 0.6) is 0 Å². The van der Waals surface area contributed by atoms with Gasteiger partial charge < -0.3 is 0 Å². The minimum atomic E-state index is 0.561. The predicted octanol–water partition coefficient (Wildman–Crippen LogP) is 5.11. The van der Waals surface area contributed by atoms with Crippen LogP contribution >= 0.6 is 11.6 Å². The number of tetrazole rings is 1. The van der Waals surface area contributed by atoms with Crippen molar-refractivity contribution in [1.82, 2.24) is 30.2 Å². The summed E-state index contributed by atoms with van der Waals surface area (Å²) in [5, 5.41) is 13.0. The lowest BCUT2D eigenvalue weighted by Gasteiger charge is -2.11. The molecule has 0 bridgehead atoms. The largest absolute Gasteiger partial charge is 0.236 e. The summed E-state index contributed by atoms with van der Waals surface area (Å²) in [6, 6.07) is 27.1. The van der Waals surface area contributed by atoms with Gasteiger partial charge in [-0.2, -0.15) is 4.68 Å². The van der Waals surface area contributed by atoms with Gasteiger partial charge in [-0.3, -0.25) is 0 Å². The molecule has 7 heteroatoms. The second kappa shape index (κ2) is 7.85. The van der Waals surface area contributed by atoms with Crippen LogP contribution in [0.15, 0.2) is 91.1 Å². The third-order valence-electron chi connectivity index (χ3n) is 4.65. The minimum absolute atomic E-state index is 0.561. The molecule has 0 fully saturated rings. The molecule has 0 saturated carbocycles. The van der Waals surface area contributed by atoms with Gasteiger partial charge in [0.25, 0.3) is 0 Å². The SMILES string of the molecule is Clc1ccc(-c2nc(-c3ccccc3)ncc2-c2nnnn2-c2ccccc2)cc1. The van der Waals surface area contributed by atoms with E-state index in [9.17, 15) is 0 Å². The molecule has 0 saturated heterocycles. The molecule has 0 unspecified atom stereocenters. The molecule has 5 rings (SSSR count). The smallest absolute Gasteiger partial charge is 0.190 e. The Morgan fingerprint density at radius 3 is 2.17 bits per heavy atom. The van der Waals surface area contributed by atoms with Crippen LogP contribution in [0.4, 0.5) is 0 Å². The van der Waals surface area contributed by atoms with Crippen molar-refractivity contribution in [3.8, 4) is 39.7 Å². The highest BCUT2D eigenvalue weighted by molar-refractivity contribution is 6.30. The van der Waals surface area contributed by atoms with E-state index in [1.165, 1.54) is 0 Å². The summed E-state index contributed by atoms with van der Waals surface area (Å²) < 4.78 is 1.68. The van der Waals surface area contributed by atoms with E-state index in [1.54, 1.807) is 10.9 Å². The molecule has 0 aliphatic rings. The molecule has 3 aromatic carbocycles. The summed E-state index contributed by atoms with van der Waals surface area (Å²) in [4.78, 5) is 9.47. The van der Waals surface area contributed by atoms with E-state index in [1.807, 2.05) is 84.9 Å². The first-order valence-electron chi connectivity index (χ1n) is 9.32. The standard InChI is InChI=1S/C23H15ClN6/c24-18-13-11-16(12-14-18)21-20(15-25-22(26-21)17-7-3-1-4-8-17)23-27-28-29-30(23)19-9-5-2-6-10-19/h1-15H. The van der Waals surface area contributed by atoms with Gasteiger partial charge in [-0.1, -0.05) is 72.3 Å². The van der Waals surface area contributed by atoms with Crippen molar-refractivity contribution in [2.24, 2.45) is 0 Å². The number of halogens is 1. The van der Waals surface area contributed by atoms with Gasteiger partial charge in [-0.05, 0) is 34.7 Å². The van der Waals surface area contributed by atoms with Gasteiger partial charge in [-0.25, -0.2) is 9.97 Å². The van der Waals surface area contributed by atoms with Gasteiger partial charge in [0.15, 0.2) is 11.6 Å². The Hall–Kier alpha value is -3.90. The second-order valence-electron chi connectivity index (χ2n) is 6.58. The molecule has 0 radical (unpaired) electrons. The third kappa shape index (κ3) is 3.44. The summed E-state index contributed by atoms with van der Waals surface area (Å²) in [6.07, 6.45) is 1.77. The molecule has 2 aromatic heterocycles.